The Morgan fingerprint density at radius 2 is 2.00 bits per heavy atom. The van der Waals surface area contributed by atoms with Crippen LogP contribution < -0.4 is 5.73 Å². The van der Waals surface area contributed by atoms with E-state index >= 15 is 0 Å². The molecular weight excluding hydrogens is 210 g/mol. The van der Waals surface area contributed by atoms with Gasteiger partial charge in [-0.25, -0.2) is 0 Å². The second-order valence-corrected chi connectivity index (χ2v) is 5.38. The van der Waals surface area contributed by atoms with Gasteiger partial charge in [-0.2, -0.15) is 0 Å². The Hall–Kier alpha value is -0.860. The second-order valence-electron chi connectivity index (χ2n) is 5.38. The maximum Gasteiger partial charge on any atom is 0.0474 e. The second kappa shape index (κ2) is 5.65. The van der Waals surface area contributed by atoms with Gasteiger partial charge in [0.15, 0.2) is 0 Å². The highest BCUT2D eigenvalue weighted by Crippen LogP contribution is 2.37. The quantitative estimate of drug-likeness (QED) is 0.842. The van der Waals surface area contributed by atoms with Crippen molar-refractivity contribution in [1.82, 2.24) is 0 Å². The Bertz CT molecular complexity index is 338. The topological polar surface area (TPSA) is 46.2 Å². The van der Waals surface area contributed by atoms with Crippen molar-refractivity contribution in [1.29, 1.82) is 0 Å². The van der Waals surface area contributed by atoms with E-state index in [1.54, 1.807) is 0 Å². The Kier molecular flexibility index (Phi) is 4.19. The van der Waals surface area contributed by atoms with Gasteiger partial charge >= 0.3 is 0 Å². The van der Waals surface area contributed by atoms with Crippen LogP contribution in [-0.4, -0.2) is 17.8 Å². The fraction of sp³-hybridized carbons (Fsp3) is 0.600. The molecule has 2 nitrogen and oxygen atoms in total. The van der Waals surface area contributed by atoms with Gasteiger partial charge in [-0.15, -0.1) is 0 Å². The summed E-state index contributed by atoms with van der Waals surface area (Å²) in [6.45, 7) is 2.54. The average Bonchev–Trinajstić information content (AvgIpc) is 2.39. The SMILES string of the molecule is C[C@@H](c1ccccc1)C1CC[C@H](CO)[C@@H](N)C1. The van der Waals surface area contributed by atoms with Crippen LogP contribution in [0.3, 0.4) is 0 Å². The van der Waals surface area contributed by atoms with Crippen molar-refractivity contribution in [2.45, 2.75) is 38.1 Å². The van der Waals surface area contributed by atoms with E-state index in [-0.39, 0.29) is 12.6 Å². The van der Waals surface area contributed by atoms with E-state index in [1.807, 2.05) is 0 Å². The van der Waals surface area contributed by atoms with Crippen molar-refractivity contribution >= 4 is 0 Å². The summed E-state index contributed by atoms with van der Waals surface area (Å²) in [5, 5.41) is 9.22. The van der Waals surface area contributed by atoms with Gasteiger partial charge in [0.25, 0.3) is 0 Å². The summed E-state index contributed by atoms with van der Waals surface area (Å²) in [5.41, 5.74) is 7.55. The van der Waals surface area contributed by atoms with Crippen molar-refractivity contribution in [3.05, 3.63) is 35.9 Å². The Morgan fingerprint density at radius 3 is 2.59 bits per heavy atom. The molecule has 0 radical (unpaired) electrons. The molecule has 1 aromatic carbocycles. The largest absolute Gasteiger partial charge is 0.396 e. The van der Waals surface area contributed by atoms with Crippen molar-refractivity contribution in [3.8, 4) is 0 Å². The fourth-order valence-corrected chi connectivity index (χ4v) is 3.01. The van der Waals surface area contributed by atoms with Gasteiger partial charge < -0.3 is 10.8 Å². The van der Waals surface area contributed by atoms with Gasteiger partial charge in [0.05, 0.1) is 0 Å². The molecule has 0 amide bonds. The number of aliphatic hydroxyl groups is 1. The first-order valence-corrected chi connectivity index (χ1v) is 6.63. The van der Waals surface area contributed by atoms with Crippen LogP contribution in [0.1, 0.15) is 37.7 Å². The summed E-state index contributed by atoms with van der Waals surface area (Å²) in [6.07, 6.45) is 3.30. The summed E-state index contributed by atoms with van der Waals surface area (Å²) in [5.74, 6) is 1.55. The Morgan fingerprint density at radius 1 is 1.29 bits per heavy atom. The molecule has 1 unspecified atom stereocenters. The highest BCUT2D eigenvalue weighted by Gasteiger charge is 2.30. The molecule has 1 saturated carbocycles. The van der Waals surface area contributed by atoms with Crippen LogP contribution in [0.4, 0.5) is 0 Å². The first-order valence-electron chi connectivity index (χ1n) is 6.63. The molecule has 1 aromatic rings. The third kappa shape index (κ3) is 2.88. The Labute approximate surface area is 104 Å². The van der Waals surface area contributed by atoms with Crippen LogP contribution in [0.15, 0.2) is 30.3 Å². The first-order chi connectivity index (χ1) is 8.22. The predicted octanol–water partition coefficient (Wildman–Crippen LogP) is 2.53. The van der Waals surface area contributed by atoms with Gasteiger partial charge in [0.1, 0.15) is 0 Å². The minimum absolute atomic E-state index is 0.171. The average molecular weight is 233 g/mol. The highest BCUT2D eigenvalue weighted by molar-refractivity contribution is 5.19. The highest BCUT2D eigenvalue weighted by atomic mass is 16.3. The summed E-state index contributed by atoms with van der Waals surface area (Å²) in [7, 11) is 0. The van der Waals surface area contributed by atoms with Gasteiger partial charge in [-0.1, -0.05) is 37.3 Å². The van der Waals surface area contributed by atoms with Gasteiger partial charge in [0.2, 0.25) is 0 Å². The molecule has 3 N–H and O–H groups in total. The van der Waals surface area contributed by atoms with E-state index < -0.39 is 0 Å². The lowest BCUT2D eigenvalue weighted by atomic mass is 9.72. The smallest absolute Gasteiger partial charge is 0.0474 e. The molecule has 0 bridgehead atoms. The number of rotatable bonds is 3. The maximum absolute atomic E-state index is 9.22. The van der Waals surface area contributed by atoms with Crippen LogP contribution in [0.25, 0.3) is 0 Å². The molecule has 2 rings (SSSR count). The zero-order valence-electron chi connectivity index (χ0n) is 10.5. The minimum Gasteiger partial charge on any atom is -0.396 e. The standard InChI is InChI=1S/C15H23NO/c1-11(12-5-3-2-4-6-12)13-7-8-14(10-17)15(16)9-13/h2-6,11,13-15,17H,7-10,16H2,1H3/t11-,13?,14+,15-/m0/s1. The fourth-order valence-electron chi connectivity index (χ4n) is 3.01. The van der Waals surface area contributed by atoms with E-state index in [0.717, 1.165) is 12.8 Å². The lowest BCUT2D eigenvalue weighted by Crippen LogP contribution is -2.39. The molecule has 0 aromatic heterocycles. The van der Waals surface area contributed by atoms with Gasteiger partial charge in [0, 0.05) is 12.6 Å². The molecule has 0 heterocycles. The number of nitrogens with two attached hydrogens (primary N) is 1. The third-order valence-electron chi connectivity index (χ3n) is 4.36. The van der Waals surface area contributed by atoms with Crippen LogP contribution >= 0.6 is 0 Å². The summed E-state index contributed by atoms with van der Waals surface area (Å²) >= 11 is 0. The molecule has 4 atom stereocenters. The number of benzene rings is 1. The number of hydrogen-bond donors (Lipinski definition) is 2. The molecule has 2 heteroatoms. The third-order valence-corrected chi connectivity index (χ3v) is 4.36. The lowest BCUT2D eigenvalue weighted by Gasteiger charge is -2.36. The minimum atomic E-state index is 0.171. The van der Waals surface area contributed by atoms with Crippen LogP contribution in [0.2, 0.25) is 0 Å². The van der Waals surface area contributed by atoms with Gasteiger partial charge in [-0.3, -0.25) is 0 Å². The van der Waals surface area contributed by atoms with E-state index in [4.69, 9.17) is 5.73 Å². The van der Waals surface area contributed by atoms with Gasteiger partial charge in [-0.05, 0) is 42.6 Å². The van der Waals surface area contributed by atoms with Crippen molar-refractivity contribution in [2.24, 2.45) is 17.6 Å². The van der Waals surface area contributed by atoms with E-state index in [0.29, 0.717) is 17.8 Å². The lowest BCUT2D eigenvalue weighted by molar-refractivity contribution is 0.138. The monoisotopic (exact) mass is 233 g/mol. The first kappa shape index (κ1) is 12.6. The van der Waals surface area contributed by atoms with Crippen molar-refractivity contribution in [2.75, 3.05) is 6.61 Å². The van der Waals surface area contributed by atoms with Crippen molar-refractivity contribution in [3.63, 3.8) is 0 Å². The van der Waals surface area contributed by atoms with E-state index in [9.17, 15) is 5.11 Å². The summed E-state index contributed by atoms with van der Waals surface area (Å²) in [6, 6.07) is 10.8. The van der Waals surface area contributed by atoms with Crippen LogP contribution in [-0.2, 0) is 0 Å². The van der Waals surface area contributed by atoms with E-state index in [1.165, 1.54) is 12.0 Å². The zero-order valence-corrected chi connectivity index (χ0v) is 10.5. The predicted molar refractivity (Wildman–Crippen MR) is 70.7 cm³/mol. The van der Waals surface area contributed by atoms with Crippen molar-refractivity contribution < 1.29 is 5.11 Å². The molecule has 0 saturated heterocycles. The molecule has 1 aliphatic rings. The van der Waals surface area contributed by atoms with Crippen LogP contribution in [0.5, 0.6) is 0 Å². The van der Waals surface area contributed by atoms with Crippen LogP contribution in [0, 0.1) is 11.8 Å². The maximum atomic E-state index is 9.22. The summed E-state index contributed by atoms with van der Waals surface area (Å²) in [4.78, 5) is 0. The molecule has 0 spiro atoms. The zero-order chi connectivity index (χ0) is 12.3. The molecule has 1 fully saturated rings. The molecular formula is C15H23NO. The normalized spacial score (nSPS) is 31.1. The molecule has 0 aliphatic heterocycles. The summed E-state index contributed by atoms with van der Waals surface area (Å²) < 4.78 is 0. The number of hydrogen-bond acceptors (Lipinski definition) is 2. The van der Waals surface area contributed by atoms with E-state index in [2.05, 4.69) is 37.3 Å². The molecule has 17 heavy (non-hydrogen) atoms. The number of aliphatic hydroxyl groups excluding tert-OH is 1. The Balaban J connectivity index is 2.00. The molecule has 94 valence electrons. The molecule has 1 aliphatic carbocycles.